The Kier molecular flexibility index (Phi) is 5.21. The van der Waals surface area contributed by atoms with Gasteiger partial charge in [-0.2, -0.15) is 0 Å². The number of hydrogen-bond donors (Lipinski definition) is 0. The number of rotatable bonds is 6. The molecule has 0 saturated carbocycles. The van der Waals surface area contributed by atoms with E-state index in [1.807, 2.05) is 43.3 Å². The zero-order chi connectivity index (χ0) is 13.5. The van der Waals surface area contributed by atoms with E-state index in [2.05, 4.69) is 20.9 Å². The molecule has 1 aromatic heterocycles. The van der Waals surface area contributed by atoms with E-state index < -0.39 is 0 Å². The number of aromatic nitrogens is 1. The Morgan fingerprint density at radius 1 is 1.11 bits per heavy atom. The highest BCUT2D eigenvalue weighted by Gasteiger charge is 2.06. The lowest BCUT2D eigenvalue weighted by atomic mass is 10.2. The topological polar surface area (TPSA) is 31.4 Å². The average molecular weight is 322 g/mol. The molecule has 1 aromatic carbocycles. The lowest BCUT2D eigenvalue weighted by Crippen LogP contribution is -2.01. The standard InChI is InChI=1S/C15H16BrNO2/c1-2-18-15-9-12(10-16)6-7-14(15)19-11-13-5-3-4-8-17-13/h3-9H,2,10-11H2,1H3. The van der Waals surface area contributed by atoms with E-state index in [-0.39, 0.29) is 0 Å². The fourth-order valence-electron chi connectivity index (χ4n) is 1.66. The number of nitrogens with zero attached hydrogens (tertiary/aromatic N) is 1. The molecule has 0 saturated heterocycles. The molecule has 19 heavy (non-hydrogen) atoms. The number of hydrogen-bond acceptors (Lipinski definition) is 3. The monoisotopic (exact) mass is 321 g/mol. The maximum absolute atomic E-state index is 5.77. The largest absolute Gasteiger partial charge is 0.490 e. The van der Waals surface area contributed by atoms with Crippen LogP contribution in [0.25, 0.3) is 0 Å². The molecule has 0 N–H and O–H groups in total. The summed E-state index contributed by atoms with van der Waals surface area (Å²) in [5.41, 5.74) is 2.06. The van der Waals surface area contributed by atoms with Crippen LogP contribution < -0.4 is 9.47 Å². The minimum Gasteiger partial charge on any atom is -0.490 e. The van der Waals surface area contributed by atoms with Gasteiger partial charge in [-0.15, -0.1) is 0 Å². The van der Waals surface area contributed by atoms with Crippen LogP contribution in [-0.4, -0.2) is 11.6 Å². The van der Waals surface area contributed by atoms with Crippen LogP contribution in [0.3, 0.4) is 0 Å². The van der Waals surface area contributed by atoms with Gasteiger partial charge >= 0.3 is 0 Å². The van der Waals surface area contributed by atoms with Gasteiger partial charge in [-0.1, -0.05) is 28.1 Å². The van der Waals surface area contributed by atoms with Gasteiger partial charge in [-0.3, -0.25) is 4.98 Å². The third kappa shape index (κ3) is 3.96. The zero-order valence-electron chi connectivity index (χ0n) is 10.8. The van der Waals surface area contributed by atoms with Crippen molar-refractivity contribution >= 4 is 15.9 Å². The van der Waals surface area contributed by atoms with Crippen LogP contribution in [0.2, 0.25) is 0 Å². The van der Waals surface area contributed by atoms with Crippen LogP contribution in [0.5, 0.6) is 11.5 Å². The van der Waals surface area contributed by atoms with Crippen LogP contribution in [-0.2, 0) is 11.9 Å². The van der Waals surface area contributed by atoms with E-state index in [1.165, 1.54) is 0 Å². The Labute approximate surface area is 121 Å². The summed E-state index contributed by atoms with van der Waals surface area (Å²) in [5.74, 6) is 1.52. The first-order chi connectivity index (χ1) is 9.33. The molecule has 0 atom stereocenters. The van der Waals surface area contributed by atoms with Crippen molar-refractivity contribution in [1.82, 2.24) is 4.98 Å². The highest BCUT2D eigenvalue weighted by atomic mass is 79.9. The Morgan fingerprint density at radius 2 is 2.00 bits per heavy atom. The first-order valence-corrected chi connectivity index (χ1v) is 7.30. The van der Waals surface area contributed by atoms with Gasteiger partial charge < -0.3 is 9.47 Å². The van der Waals surface area contributed by atoms with E-state index in [9.17, 15) is 0 Å². The molecule has 0 spiro atoms. The second-order valence-corrected chi connectivity index (χ2v) is 4.52. The van der Waals surface area contributed by atoms with E-state index in [4.69, 9.17) is 9.47 Å². The van der Waals surface area contributed by atoms with Gasteiger partial charge in [0, 0.05) is 11.5 Å². The van der Waals surface area contributed by atoms with Gasteiger partial charge in [0.25, 0.3) is 0 Å². The predicted molar refractivity (Wildman–Crippen MR) is 78.8 cm³/mol. The lowest BCUT2D eigenvalue weighted by Gasteiger charge is -2.12. The molecule has 0 unspecified atom stereocenters. The van der Waals surface area contributed by atoms with Crippen LogP contribution >= 0.6 is 15.9 Å². The summed E-state index contributed by atoms with van der Waals surface area (Å²) < 4.78 is 11.4. The molecular weight excluding hydrogens is 306 g/mol. The predicted octanol–water partition coefficient (Wildman–Crippen LogP) is 3.95. The van der Waals surface area contributed by atoms with E-state index >= 15 is 0 Å². The molecule has 0 amide bonds. The summed E-state index contributed by atoms with van der Waals surface area (Å²) in [5, 5.41) is 0.799. The number of benzene rings is 1. The van der Waals surface area contributed by atoms with Crippen LogP contribution in [0.15, 0.2) is 42.6 Å². The van der Waals surface area contributed by atoms with Gasteiger partial charge in [0.15, 0.2) is 11.5 Å². The highest BCUT2D eigenvalue weighted by molar-refractivity contribution is 9.08. The summed E-state index contributed by atoms with van der Waals surface area (Å²) in [6.07, 6.45) is 1.76. The molecule has 1 heterocycles. The minimum absolute atomic E-state index is 0.439. The van der Waals surface area contributed by atoms with Crippen molar-refractivity contribution in [3.8, 4) is 11.5 Å². The van der Waals surface area contributed by atoms with Gasteiger partial charge in [0.2, 0.25) is 0 Å². The van der Waals surface area contributed by atoms with E-state index in [0.717, 1.165) is 28.1 Å². The summed E-state index contributed by atoms with van der Waals surface area (Å²) in [6.45, 7) is 3.02. The molecule has 100 valence electrons. The Bertz CT molecular complexity index is 517. The molecule has 3 nitrogen and oxygen atoms in total. The van der Waals surface area contributed by atoms with Crippen molar-refractivity contribution < 1.29 is 9.47 Å². The Morgan fingerprint density at radius 3 is 2.68 bits per heavy atom. The molecule has 0 aliphatic heterocycles. The van der Waals surface area contributed by atoms with E-state index in [1.54, 1.807) is 6.20 Å². The first kappa shape index (κ1) is 13.9. The molecule has 0 fully saturated rings. The van der Waals surface area contributed by atoms with E-state index in [0.29, 0.717) is 13.2 Å². The van der Waals surface area contributed by atoms with Crippen molar-refractivity contribution in [3.63, 3.8) is 0 Å². The van der Waals surface area contributed by atoms with Crippen molar-refractivity contribution in [2.24, 2.45) is 0 Å². The lowest BCUT2D eigenvalue weighted by molar-refractivity contribution is 0.266. The molecule has 0 aliphatic rings. The third-order valence-electron chi connectivity index (χ3n) is 2.56. The number of pyridine rings is 1. The van der Waals surface area contributed by atoms with Gasteiger partial charge in [0.05, 0.1) is 12.3 Å². The number of halogens is 1. The first-order valence-electron chi connectivity index (χ1n) is 6.18. The second kappa shape index (κ2) is 7.14. The van der Waals surface area contributed by atoms with Crippen molar-refractivity contribution in [2.45, 2.75) is 18.9 Å². The summed E-state index contributed by atoms with van der Waals surface area (Å²) in [7, 11) is 0. The fraction of sp³-hybridized carbons (Fsp3) is 0.267. The normalized spacial score (nSPS) is 10.2. The highest BCUT2D eigenvalue weighted by Crippen LogP contribution is 2.29. The molecule has 4 heteroatoms. The summed E-state index contributed by atoms with van der Waals surface area (Å²) in [4.78, 5) is 4.23. The zero-order valence-corrected chi connectivity index (χ0v) is 12.4. The molecule has 2 aromatic rings. The van der Waals surface area contributed by atoms with Gasteiger partial charge in [-0.05, 0) is 36.8 Å². The maximum atomic E-state index is 5.77. The summed E-state index contributed by atoms with van der Waals surface area (Å²) >= 11 is 3.44. The quantitative estimate of drug-likeness (QED) is 0.755. The van der Waals surface area contributed by atoms with Crippen molar-refractivity contribution in [3.05, 3.63) is 53.9 Å². The smallest absolute Gasteiger partial charge is 0.161 e. The molecule has 0 radical (unpaired) electrons. The molecule has 2 rings (SSSR count). The number of alkyl halides is 1. The molecule has 0 aliphatic carbocycles. The van der Waals surface area contributed by atoms with Crippen molar-refractivity contribution in [1.29, 1.82) is 0 Å². The minimum atomic E-state index is 0.439. The molecule has 0 bridgehead atoms. The summed E-state index contributed by atoms with van der Waals surface area (Å²) in [6, 6.07) is 11.7. The fourth-order valence-corrected chi connectivity index (χ4v) is 2.01. The number of ether oxygens (including phenoxy) is 2. The van der Waals surface area contributed by atoms with Crippen LogP contribution in [0.1, 0.15) is 18.2 Å². The van der Waals surface area contributed by atoms with Crippen LogP contribution in [0, 0.1) is 0 Å². The van der Waals surface area contributed by atoms with Gasteiger partial charge in [0.1, 0.15) is 6.61 Å². The van der Waals surface area contributed by atoms with Crippen molar-refractivity contribution in [2.75, 3.05) is 6.61 Å². The Balaban J connectivity index is 2.10. The van der Waals surface area contributed by atoms with Crippen LogP contribution in [0.4, 0.5) is 0 Å². The second-order valence-electron chi connectivity index (χ2n) is 3.96. The maximum Gasteiger partial charge on any atom is 0.161 e. The average Bonchev–Trinajstić information content (AvgIpc) is 2.47. The Hall–Kier alpha value is -1.55. The molecular formula is C15H16BrNO2. The van der Waals surface area contributed by atoms with Gasteiger partial charge in [-0.25, -0.2) is 0 Å². The third-order valence-corrected chi connectivity index (χ3v) is 3.21. The SMILES string of the molecule is CCOc1cc(CBr)ccc1OCc1ccccn1.